The minimum atomic E-state index is -1.01. The molecule has 1 saturated carbocycles. The first kappa shape index (κ1) is 13.8. The summed E-state index contributed by atoms with van der Waals surface area (Å²) in [7, 11) is 0. The number of carboxylic acid groups (broad SMARTS) is 1. The molecule has 0 spiro atoms. The molecule has 1 fully saturated rings. The van der Waals surface area contributed by atoms with Crippen LogP contribution in [0.15, 0.2) is 0 Å². The summed E-state index contributed by atoms with van der Waals surface area (Å²) >= 11 is 0. The molecule has 0 aromatic rings. The Labute approximate surface area is 102 Å². The maximum atomic E-state index is 11.7. The average Bonchev–Trinajstić information content (AvgIpc) is 2.67. The van der Waals surface area contributed by atoms with E-state index in [0.717, 1.165) is 6.42 Å². The quantitative estimate of drug-likeness (QED) is 0.703. The van der Waals surface area contributed by atoms with Gasteiger partial charge in [-0.3, -0.25) is 0 Å². The minimum Gasteiger partial charge on any atom is -0.480 e. The van der Waals surface area contributed by atoms with E-state index in [1.54, 1.807) is 20.8 Å². The second kappa shape index (κ2) is 4.20. The van der Waals surface area contributed by atoms with Gasteiger partial charge in [0.1, 0.15) is 6.04 Å². The van der Waals surface area contributed by atoms with Gasteiger partial charge in [0.15, 0.2) is 0 Å². The molecule has 0 aromatic heterocycles. The summed E-state index contributed by atoms with van der Waals surface area (Å²) in [6.45, 7) is 9.49. The molecule has 17 heavy (non-hydrogen) atoms. The Morgan fingerprint density at radius 3 is 2.12 bits per heavy atom. The number of rotatable bonds is 3. The normalized spacial score (nSPS) is 23.7. The third-order valence-corrected chi connectivity index (χ3v) is 3.21. The van der Waals surface area contributed by atoms with Crippen molar-refractivity contribution in [1.29, 1.82) is 0 Å². The molecule has 1 aliphatic rings. The summed E-state index contributed by atoms with van der Waals surface area (Å²) in [4.78, 5) is 22.7. The fourth-order valence-electron chi connectivity index (χ4n) is 1.69. The molecule has 5 heteroatoms. The summed E-state index contributed by atoms with van der Waals surface area (Å²) in [5.74, 6) is -1.01. The van der Waals surface area contributed by atoms with Crippen molar-refractivity contribution in [3.05, 3.63) is 0 Å². The van der Waals surface area contributed by atoms with Crippen molar-refractivity contribution in [3.63, 3.8) is 0 Å². The van der Waals surface area contributed by atoms with Crippen molar-refractivity contribution in [2.75, 3.05) is 0 Å². The Balaban J connectivity index is 2.51. The zero-order chi connectivity index (χ0) is 13.4. The van der Waals surface area contributed by atoms with E-state index in [-0.39, 0.29) is 11.5 Å². The molecule has 0 radical (unpaired) electrons. The van der Waals surface area contributed by atoms with Crippen LogP contribution in [0.2, 0.25) is 0 Å². The van der Waals surface area contributed by atoms with Crippen LogP contribution in [0.4, 0.5) is 4.79 Å². The molecule has 2 amide bonds. The Morgan fingerprint density at radius 2 is 1.82 bits per heavy atom. The molecule has 1 rings (SSSR count). The highest BCUT2D eigenvalue weighted by Crippen LogP contribution is 2.44. The van der Waals surface area contributed by atoms with E-state index in [1.165, 1.54) is 0 Å². The number of urea groups is 1. The number of hydrogen-bond donors (Lipinski definition) is 3. The van der Waals surface area contributed by atoms with Crippen molar-refractivity contribution in [1.82, 2.24) is 10.6 Å². The van der Waals surface area contributed by atoms with Gasteiger partial charge in [-0.1, -0.05) is 34.6 Å². The van der Waals surface area contributed by atoms with Crippen molar-refractivity contribution >= 4 is 12.0 Å². The second-order valence-electron chi connectivity index (χ2n) is 6.50. The summed E-state index contributed by atoms with van der Waals surface area (Å²) < 4.78 is 0. The fourth-order valence-corrected chi connectivity index (χ4v) is 1.69. The van der Waals surface area contributed by atoms with Crippen LogP contribution < -0.4 is 10.6 Å². The molecule has 3 N–H and O–H groups in total. The lowest BCUT2D eigenvalue weighted by atomic mass is 9.87. The number of hydrogen-bond acceptors (Lipinski definition) is 2. The monoisotopic (exact) mass is 242 g/mol. The number of aliphatic carboxylic acids is 1. The van der Waals surface area contributed by atoms with Gasteiger partial charge in [-0.2, -0.15) is 0 Å². The van der Waals surface area contributed by atoms with Gasteiger partial charge in [0.05, 0.1) is 0 Å². The molecular formula is C12H22N2O3. The van der Waals surface area contributed by atoms with Gasteiger partial charge in [-0.05, 0) is 17.3 Å². The molecule has 0 aromatic carbocycles. The number of carbonyl (C=O) groups excluding carboxylic acids is 1. The molecule has 0 saturated heterocycles. The van der Waals surface area contributed by atoms with E-state index >= 15 is 0 Å². The van der Waals surface area contributed by atoms with Gasteiger partial charge in [0, 0.05) is 6.04 Å². The highest BCUT2D eigenvalue weighted by Gasteiger charge is 2.47. The van der Waals surface area contributed by atoms with Gasteiger partial charge in [-0.25, -0.2) is 9.59 Å². The lowest BCUT2D eigenvalue weighted by Gasteiger charge is -2.27. The summed E-state index contributed by atoms with van der Waals surface area (Å²) in [5, 5.41) is 14.4. The molecular weight excluding hydrogens is 220 g/mol. The molecule has 98 valence electrons. The number of nitrogens with one attached hydrogen (secondary N) is 2. The van der Waals surface area contributed by atoms with Gasteiger partial charge in [0.25, 0.3) is 0 Å². The van der Waals surface area contributed by atoms with Gasteiger partial charge >= 0.3 is 12.0 Å². The Morgan fingerprint density at radius 1 is 1.35 bits per heavy atom. The highest BCUT2D eigenvalue weighted by molar-refractivity contribution is 5.83. The fraction of sp³-hybridized carbons (Fsp3) is 0.833. The van der Waals surface area contributed by atoms with E-state index in [1.807, 2.05) is 0 Å². The lowest BCUT2D eigenvalue weighted by molar-refractivity contribution is -0.141. The zero-order valence-electron chi connectivity index (χ0n) is 11.1. The molecule has 5 nitrogen and oxygen atoms in total. The number of carboxylic acids is 1. The molecule has 2 unspecified atom stereocenters. The first-order valence-electron chi connectivity index (χ1n) is 5.84. The third kappa shape index (κ3) is 3.61. The largest absolute Gasteiger partial charge is 0.480 e. The summed E-state index contributed by atoms with van der Waals surface area (Å²) in [6.07, 6.45) is 0.938. The van der Waals surface area contributed by atoms with Crippen LogP contribution in [0.1, 0.15) is 41.0 Å². The van der Waals surface area contributed by atoms with Crippen molar-refractivity contribution in [2.24, 2.45) is 10.8 Å². The molecule has 0 heterocycles. The van der Waals surface area contributed by atoms with Crippen molar-refractivity contribution < 1.29 is 14.7 Å². The highest BCUT2D eigenvalue weighted by atomic mass is 16.4. The molecule has 0 bridgehead atoms. The molecule has 2 atom stereocenters. The SMILES string of the molecule is CC(C)(C)C(NC(=O)NC1CC1(C)C)C(=O)O. The van der Waals surface area contributed by atoms with Crippen LogP contribution in [-0.4, -0.2) is 29.2 Å². The van der Waals surface area contributed by atoms with Gasteiger partial charge in [0.2, 0.25) is 0 Å². The third-order valence-electron chi connectivity index (χ3n) is 3.21. The molecule has 1 aliphatic carbocycles. The first-order valence-corrected chi connectivity index (χ1v) is 5.84. The zero-order valence-corrected chi connectivity index (χ0v) is 11.1. The Hall–Kier alpha value is -1.26. The number of carbonyl (C=O) groups is 2. The lowest BCUT2D eigenvalue weighted by Crippen LogP contribution is -2.52. The Bertz CT molecular complexity index is 331. The van der Waals surface area contributed by atoms with Crippen LogP contribution in [0, 0.1) is 10.8 Å². The van der Waals surface area contributed by atoms with Crippen LogP contribution in [-0.2, 0) is 4.79 Å². The van der Waals surface area contributed by atoms with E-state index in [4.69, 9.17) is 5.11 Å². The smallest absolute Gasteiger partial charge is 0.326 e. The van der Waals surface area contributed by atoms with Crippen LogP contribution in [0.5, 0.6) is 0 Å². The molecule has 0 aliphatic heterocycles. The summed E-state index contributed by atoms with van der Waals surface area (Å²) in [6, 6.07) is -1.14. The van der Waals surface area contributed by atoms with Crippen LogP contribution in [0.25, 0.3) is 0 Å². The maximum absolute atomic E-state index is 11.7. The van der Waals surface area contributed by atoms with Crippen LogP contribution >= 0.6 is 0 Å². The average molecular weight is 242 g/mol. The number of amides is 2. The minimum absolute atomic E-state index is 0.137. The topological polar surface area (TPSA) is 78.4 Å². The summed E-state index contributed by atoms with van der Waals surface area (Å²) in [5.41, 5.74) is -0.375. The first-order chi connectivity index (χ1) is 7.54. The maximum Gasteiger partial charge on any atom is 0.326 e. The second-order valence-corrected chi connectivity index (χ2v) is 6.50. The van der Waals surface area contributed by atoms with E-state index in [0.29, 0.717) is 0 Å². The van der Waals surface area contributed by atoms with Crippen molar-refractivity contribution in [2.45, 2.75) is 53.1 Å². The van der Waals surface area contributed by atoms with Crippen LogP contribution in [0.3, 0.4) is 0 Å². The van der Waals surface area contributed by atoms with Gasteiger partial charge in [-0.15, -0.1) is 0 Å². The van der Waals surface area contributed by atoms with E-state index in [2.05, 4.69) is 24.5 Å². The Kier molecular flexibility index (Phi) is 3.41. The van der Waals surface area contributed by atoms with E-state index < -0.39 is 23.5 Å². The van der Waals surface area contributed by atoms with Gasteiger partial charge < -0.3 is 15.7 Å². The predicted molar refractivity (Wildman–Crippen MR) is 64.7 cm³/mol. The van der Waals surface area contributed by atoms with E-state index in [9.17, 15) is 9.59 Å². The van der Waals surface area contributed by atoms with Crippen molar-refractivity contribution in [3.8, 4) is 0 Å². The standard InChI is InChI=1S/C12H22N2O3/c1-11(2,3)8(9(15)16)14-10(17)13-7-6-12(7,4)5/h7-8H,6H2,1-5H3,(H,15,16)(H2,13,14,17). The predicted octanol–water partition coefficient (Wildman–Crippen LogP) is 1.58.